The minimum Gasteiger partial charge on any atom is -0.496 e. The second kappa shape index (κ2) is 7.18. The number of aliphatic carboxylic acids is 1. The van der Waals surface area contributed by atoms with E-state index in [-0.39, 0.29) is 22.3 Å². The van der Waals surface area contributed by atoms with Gasteiger partial charge in [-0.1, -0.05) is 0 Å². The minimum atomic E-state index is -3.84. The van der Waals surface area contributed by atoms with E-state index in [1.54, 1.807) is 0 Å². The highest BCUT2D eigenvalue weighted by Gasteiger charge is 2.29. The van der Waals surface area contributed by atoms with Crippen molar-refractivity contribution in [3.8, 4) is 5.75 Å². The van der Waals surface area contributed by atoms with E-state index in [1.165, 1.54) is 25.3 Å². The fourth-order valence-electron chi connectivity index (χ4n) is 2.79. The molecule has 1 aliphatic carbocycles. The van der Waals surface area contributed by atoms with E-state index in [1.807, 2.05) is 0 Å². The number of primary amides is 1. The van der Waals surface area contributed by atoms with Crippen LogP contribution in [-0.4, -0.2) is 38.6 Å². The predicted molar refractivity (Wildman–Crippen MR) is 85.2 cm³/mol. The smallest absolute Gasteiger partial charge is 0.306 e. The molecule has 1 aromatic rings. The van der Waals surface area contributed by atoms with E-state index in [0.29, 0.717) is 25.7 Å². The molecule has 0 aliphatic heterocycles. The van der Waals surface area contributed by atoms with E-state index >= 15 is 0 Å². The molecule has 1 aromatic carbocycles. The van der Waals surface area contributed by atoms with Gasteiger partial charge in [-0.3, -0.25) is 9.59 Å². The van der Waals surface area contributed by atoms with Crippen LogP contribution in [0, 0.1) is 5.92 Å². The van der Waals surface area contributed by atoms with Crippen molar-refractivity contribution in [2.24, 2.45) is 11.7 Å². The predicted octanol–water partition coefficient (Wildman–Crippen LogP) is 0.716. The maximum atomic E-state index is 12.5. The molecule has 1 saturated carbocycles. The summed E-state index contributed by atoms with van der Waals surface area (Å²) < 4.78 is 32.5. The van der Waals surface area contributed by atoms with Crippen molar-refractivity contribution in [3.05, 3.63) is 23.8 Å². The molecule has 0 atom stereocenters. The van der Waals surface area contributed by atoms with Crippen LogP contribution in [-0.2, 0) is 14.8 Å². The molecule has 0 radical (unpaired) electrons. The van der Waals surface area contributed by atoms with Gasteiger partial charge < -0.3 is 15.6 Å². The molecule has 0 saturated heterocycles. The van der Waals surface area contributed by atoms with Crippen LogP contribution in [0.2, 0.25) is 0 Å². The van der Waals surface area contributed by atoms with Gasteiger partial charge in [0.2, 0.25) is 10.0 Å². The van der Waals surface area contributed by atoms with Crippen molar-refractivity contribution in [2.75, 3.05) is 7.11 Å². The molecule has 0 unspecified atom stereocenters. The second-order valence-electron chi connectivity index (χ2n) is 5.73. The van der Waals surface area contributed by atoms with Crippen molar-refractivity contribution in [3.63, 3.8) is 0 Å². The molecule has 24 heavy (non-hydrogen) atoms. The number of hydrogen-bond acceptors (Lipinski definition) is 5. The molecule has 4 N–H and O–H groups in total. The Hall–Kier alpha value is -2.13. The molecule has 9 heteroatoms. The van der Waals surface area contributed by atoms with Crippen molar-refractivity contribution in [1.82, 2.24) is 4.72 Å². The summed E-state index contributed by atoms with van der Waals surface area (Å²) in [5.41, 5.74) is 5.22. The van der Waals surface area contributed by atoms with Crippen molar-refractivity contribution in [2.45, 2.75) is 36.6 Å². The maximum absolute atomic E-state index is 12.5. The summed E-state index contributed by atoms with van der Waals surface area (Å²) in [4.78, 5) is 22.3. The highest BCUT2D eigenvalue weighted by molar-refractivity contribution is 7.89. The fraction of sp³-hybridized carbons (Fsp3) is 0.467. The Bertz CT molecular complexity index is 738. The number of carboxylic acids is 1. The van der Waals surface area contributed by atoms with Crippen LogP contribution in [0.5, 0.6) is 5.75 Å². The molecular formula is C15H20N2O6S. The lowest BCUT2D eigenvalue weighted by molar-refractivity contribution is -0.142. The fourth-order valence-corrected chi connectivity index (χ4v) is 4.12. The maximum Gasteiger partial charge on any atom is 0.306 e. The molecule has 0 heterocycles. The largest absolute Gasteiger partial charge is 0.496 e. The number of benzene rings is 1. The van der Waals surface area contributed by atoms with Gasteiger partial charge in [-0.05, 0) is 43.9 Å². The summed E-state index contributed by atoms with van der Waals surface area (Å²) in [5.74, 6) is -1.86. The van der Waals surface area contributed by atoms with Gasteiger partial charge in [0.05, 0.1) is 23.5 Å². The van der Waals surface area contributed by atoms with Gasteiger partial charge >= 0.3 is 5.97 Å². The second-order valence-corrected chi connectivity index (χ2v) is 7.45. The quantitative estimate of drug-likeness (QED) is 0.687. The first-order valence-corrected chi connectivity index (χ1v) is 8.96. The van der Waals surface area contributed by atoms with E-state index in [4.69, 9.17) is 15.6 Å². The normalized spacial score (nSPS) is 21.2. The third kappa shape index (κ3) is 4.04. The number of carbonyl (C=O) groups excluding carboxylic acids is 1. The number of amides is 1. The standard InChI is InChI=1S/C15H20N2O6S/c1-23-13-7-6-11(8-12(13)14(16)18)24(21,22)17-10-4-2-9(3-5-10)15(19)20/h6-10,17H,2-5H2,1H3,(H2,16,18)(H,19,20). The Labute approximate surface area is 140 Å². The van der Waals surface area contributed by atoms with Crippen molar-refractivity contribution < 1.29 is 27.9 Å². The molecule has 2 rings (SSSR count). The number of carbonyl (C=O) groups is 2. The minimum absolute atomic E-state index is 0.0186. The summed E-state index contributed by atoms with van der Waals surface area (Å²) in [6, 6.07) is 3.54. The SMILES string of the molecule is COc1ccc(S(=O)(=O)NC2CCC(C(=O)O)CC2)cc1C(N)=O. The average Bonchev–Trinajstić information content (AvgIpc) is 2.54. The molecule has 1 amide bonds. The molecule has 0 bridgehead atoms. The lowest BCUT2D eigenvalue weighted by Crippen LogP contribution is -2.38. The summed E-state index contributed by atoms with van der Waals surface area (Å²) >= 11 is 0. The summed E-state index contributed by atoms with van der Waals surface area (Å²) in [7, 11) is -2.48. The number of sulfonamides is 1. The Morgan fingerprint density at radius 3 is 2.38 bits per heavy atom. The zero-order valence-corrected chi connectivity index (χ0v) is 14.0. The van der Waals surface area contributed by atoms with Crippen LogP contribution in [0.1, 0.15) is 36.0 Å². The number of hydrogen-bond donors (Lipinski definition) is 3. The first kappa shape index (κ1) is 18.2. The van der Waals surface area contributed by atoms with Crippen LogP contribution >= 0.6 is 0 Å². The Morgan fingerprint density at radius 2 is 1.88 bits per heavy atom. The van der Waals surface area contributed by atoms with Gasteiger partial charge in [0.25, 0.3) is 5.91 Å². The summed E-state index contributed by atoms with van der Waals surface area (Å²) in [6.45, 7) is 0. The van der Waals surface area contributed by atoms with Crippen molar-refractivity contribution >= 4 is 21.9 Å². The molecule has 1 fully saturated rings. The molecule has 1 aliphatic rings. The van der Waals surface area contributed by atoms with Crippen LogP contribution < -0.4 is 15.2 Å². The van der Waals surface area contributed by atoms with E-state index in [2.05, 4.69) is 4.72 Å². The molecule has 0 spiro atoms. The number of nitrogens with two attached hydrogens (primary N) is 1. The van der Waals surface area contributed by atoms with Gasteiger partial charge in [-0.25, -0.2) is 13.1 Å². The Morgan fingerprint density at radius 1 is 1.25 bits per heavy atom. The lowest BCUT2D eigenvalue weighted by Gasteiger charge is -2.26. The van der Waals surface area contributed by atoms with Crippen LogP contribution in [0.3, 0.4) is 0 Å². The van der Waals surface area contributed by atoms with Gasteiger partial charge in [-0.2, -0.15) is 0 Å². The number of methoxy groups -OCH3 is 1. The van der Waals surface area contributed by atoms with Gasteiger partial charge in [0.1, 0.15) is 5.75 Å². The Kier molecular flexibility index (Phi) is 5.45. The highest BCUT2D eigenvalue weighted by Crippen LogP contribution is 2.27. The van der Waals surface area contributed by atoms with Crippen molar-refractivity contribution in [1.29, 1.82) is 0 Å². The zero-order valence-electron chi connectivity index (χ0n) is 13.2. The number of carboxylic acid groups (broad SMARTS) is 1. The third-order valence-electron chi connectivity index (χ3n) is 4.14. The summed E-state index contributed by atoms with van der Waals surface area (Å²) in [5, 5.41) is 8.97. The molecule has 132 valence electrons. The summed E-state index contributed by atoms with van der Waals surface area (Å²) in [6.07, 6.45) is 1.76. The topological polar surface area (TPSA) is 136 Å². The van der Waals surface area contributed by atoms with Crippen LogP contribution in [0.4, 0.5) is 0 Å². The lowest BCUT2D eigenvalue weighted by atomic mass is 9.87. The third-order valence-corrected chi connectivity index (χ3v) is 5.66. The van der Waals surface area contributed by atoms with Gasteiger partial charge in [0.15, 0.2) is 0 Å². The van der Waals surface area contributed by atoms with Gasteiger partial charge in [-0.15, -0.1) is 0 Å². The van der Waals surface area contributed by atoms with E-state index < -0.39 is 27.8 Å². The monoisotopic (exact) mass is 356 g/mol. The first-order valence-electron chi connectivity index (χ1n) is 7.47. The van der Waals surface area contributed by atoms with E-state index in [0.717, 1.165) is 0 Å². The van der Waals surface area contributed by atoms with Gasteiger partial charge in [0, 0.05) is 6.04 Å². The first-order chi connectivity index (χ1) is 11.2. The van der Waals surface area contributed by atoms with Crippen LogP contribution in [0.25, 0.3) is 0 Å². The highest BCUT2D eigenvalue weighted by atomic mass is 32.2. The number of rotatable bonds is 6. The molecule has 0 aromatic heterocycles. The van der Waals surface area contributed by atoms with E-state index in [9.17, 15) is 18.0 Å². The Balaban J connectivity index is 2.15. The molecule has 8 nitrogen and oxygen atoms in total. The number of nitrogens with one attached hydrogen (secondary N) is 1. The average molecular weight is 356 g/mol. The van der Waals surface area contributed by atoms with Crippen LogP contribution in [0.15, 0.2) is 23.1 Å². The molecular weight excluding hydrogens is 336 g/mol. The number of ether oxygens (including phenoxy) is 1. The zero-order chi connectivity index (χ0) is 17.9.